The molecule has 2 heterocycles. The van der Waals surface area contributed by atoms with Gasteiger partial charge in [0, 0.05) is 19.6 Å². The van der Waals surface area contributed by atoms with Crippen LogP contribution in [0.2, 0.25) is 0 Å². The summed E-state index contributed by atoms with van der Waals surface area (Å²) >= 11 is 5.31. The summed E-state index contributed by atoms with van der Waals surface area (Å²) in [5, 5.41) is 12.8. The van der Waals surface area contributed by atoms with Crippen molar-refractivity contribution in [2.45, 2.75) is 12.3 Å². The summed E-state index contributed by atoms with van der Waals surface area (Å²) in [7, 11) is 4.81. The highest BCUT2D eigenvalue weighted by Crippen LogP contribution is 2.40. The van der Waals surface area contributed by atoms with Crippen molar-refractivity contribution in [2.24, 2.45) is 0 Å². The van der Waals surface area contributed by atoms with Gasteiger partial charge >= 0.3 is 0 Å². The minimum absolute atomic E-state index is 0.107. The second-order valence-electron chi connectivity index (χ2n) is 5.53. The number of hydrogen-bond donors (Lipinski definition) is 4. The maximum Gasteiger partial charge on any atom is 0.203 e. The summed E-state index contributed by atoms with van der Waals surface area (Å²) in [4.78, 5) is 0. The molecule has 0 amide bonds. The van der Waals surface area contributed by atoms with E-state index in [9.17, 15) is 0 Å². The van der Waals surface area contributed by atoms with Gasteiger partial charge in [-0.3, -0.25) is 10.7 Å². The van der Waals surface area contributed by atoms with Gasteiger partial charge in [-0.2, -0.15) is 5.01 Å². The zero-order valence-electron chi connectivity index (χ0n) is 14.0. The van der Waals surface area contributed by atoms with Crippen LogP contribution in [0.25, 0.3) is 0 Å². The molecule has 2 fully saturated rings. The molecule has 0 bridgehead atoms. The Morgan fingerprint density at radius 1 is 1.08 bits per heavy atom. The number of rotatable bonds is 5. The molecule has 1 aromatic carbocycles. The van der Waals surface area contributed by atoms with E-state index in [-0.39, 0.29) is 12.3 Å². The van der Waals surface area contributed by atoms with Crippen molar-refractivity contribution < 1.29 is 14.2 Å². The minimum atomic E-state index is -0.149. The van der Waals surface area contributed by atoms with Gasteiger partial charge in [0.25, 0.3) is 0 Å². The van der Waals surface area contributed by atoms with Crippen LogP contribution in [0.1, 0.15) is 11.7 Å². The van der Waals surface area contributed by atoms with Gasteiger partial charge in [-0.1, -0.05) is 0 Å². The molecule has 132 valence electrons. The summed E-state index contributed by atoms with van der Waals surface area (Å²) in [6.07, 6.45) is -0.0422. The molecule has 24 heavy (non-hydrogen) atoms. The standard InChI is InChI=1S/C15H23N5O3S/c1-21-10-6-9(7-11(22-2)13(10)23-3)14-18-15(24)19-20(14)12-8-16-4-5-17-12/h6-7,12,14,16-17H,4-5,8H2,1-3H3,(H2,18,19,24). The Labute approximate surface area is 146 Å². The highest BCUT2D eigenvalue weighted by atomic mass is 32.1. The third-order valence-corrected chi connectivity index (χ3v) is 4.34. The zero-order chi connectivity index (χ0) is 17.1. The maximum absolute atomic E-state index is 5.45. The lowest BCUT2D eigenvalue weighted by Gasteiger charge is -2.35. The fourth-order valence-corrected chi connectivity index (χ4v) is 3.22. The molecule has 3 rings (SSSR count). The number of thiocarbonyl (C=S) groups is 1. The number of benzene rings is 1. The topological polar surface area (TPSA) is 79.1 Å². The Morgan fingerprint density at radius 2 is 1.79 bits per heavy atom. The van der Waals surface area contributed by atoms with Crippen molar-refractivity contribution in [3.63, 3.8) is 0 Å². The fourth-order valence-electron chi connectivity index (χ4n) is 3.00. The molecule has 2 saturated heterocycles. The van der Waals surface area contributed by atoms with Gasteiger partial charge in [0.2, 0.25) is 5.75 Å². The van der Waals surface area contributed by atoms with Crippen molar-refractivity contribution in [2.75, 3.05) is 41.0 Å². The first-order valence-electron chi connectivity index (χ1n) is 7.77. The number of nitrogens with zero attached hydrogens (tertiary/aromatic N) is 1. The molecular formula is C15H23N5O3S. The lowest BCUT2D eigenvalue weighted by atomic mass is 10.1. The molecule has 0 aliphatic carbocycles. The van der Waals surface area contributed by atoms with Crippen LogP contribution in [0.5, 0.6) is 17.2 Å². The molecule has 8 nitrogen and oxygen atoms in total. The second kappa shape index (κ2) is 7.39. The number of hydrazine groups is 1. The Morgan fingerprint density at radius 3 is 2.33 bits per heavy atom. The van der Waals surface area contributed by atoms with E-state index >= 15 is 0 Å². The van der Waals surface area contributed by atoms with Crippen LogP contribution in [-0.4, -0.2) is 57.3 Å². The van der Waals surface area contributed by atoms with Crippen LogP contribution in [0, 0.1) is 0 Å². The van der Waals surface area contributed by atoms with Crippen LogP contribution in [0.4, 0.5) is 0 Å². The average Bonchev–Trinajstić information content (AvgIpc) is 3.03. The summed E-state index contributed by atoms with van der Waals surface area (Å²) in [5.74, 6) is 1.79. The molecule has 0 spiro atoms. The fraction of sp³-hybridized carbons (Fsp3) is 0.533. The molecule has 1 aromatic rings. The predicted octanol–water partition coefficient (Wildman–Crippen LogP) is -0.0754. The van der Waals surface area contributed by atoms with E-state index in [0.29, 0.717) is 22.4 Å². The molecule has 0 aromatic heterocycles. The van der Waals surface area contributed by atoms with E-state index in [1.807, 2.05) is 12.1 Å². The molecule has 2 unspecified atom stereocenters. The van der Waals surface area contributed by atoms with Gasteiger partial charge in [-0.15, -0.1) is 0 Å². The van der Waals surface area contributed by atoms with Crippen molar-refractivity contribution in [1.29, 1.82) is 0 Å². The predicted molar refractivity (Wildman–Crippen MR) is 94.2 cm³/mol. The molecule has 0 radical (unpaired) electrons. The Kier molecular flexibility index (Phi) is 5.24. The monoisotopic (exact) mass is 353 g/mol. The van der Waals surface area contributed by atoms with Crippen LogP contribution in [0.3, 0.4) is 0 Å². The highest BCUT2D eigenvalue weighted by molar-refractivity contribution is 7.80. The normalized spacial score (nSPS) is 24.2. The van der Waals surface area contributed by atoms with E-state index < -0.39 is 0 Å². The summed E-state index contributed by atoms with van der Waals surface area (Å²) < 4.78 is 16.3. The van der Waals surface area contributed by atoms with E-state index in [2.05, 4.69) is 26.4 Å². The highest BCUT2D eigenvalue weighted by Gasteiger charge is 2.35. The maximum atomic E-state index is 5.45. The lowest BCUT2D eigenvalue weighted by molar-refractivity contribution is 0.0854. The van der Waals surface area contributed by atoms with Gasteiger partial charge in [0.1, 0.15) is 6.17 Å². The van der Waals surface area contributed by atoms with Gasteiger partial charge in [-0.05, 0) is 29.9 Å². The molecule has 2 aliphatic heterocycles. The summed E-state index contributed by atoms with van der Waals surface area (Å²) in [5.41, 5.74) is 4.18. The summed E-state index contributed by atoms with van der Waals surface area (Å²) in [6.45, 7) is 2.67. The minimum Gasteiger partial charge on any atom is -0.493 e. The Balaban J connectivity index is 1.94. The first kappa shape index (κ1) is 17.0. The first-order chi connectivity index (χ1) is 11.7. The quantitative estimate of drug-likeness (QED) is 0.544. The molecule has 0 saturated carbocycles. The van der Waals surface area contributed by atoms with Crippen molar-refractivity contribution >= 4 is 17.3 Å². The van der Waals surface area contributed by atoms with E-state index in [0.717, 1.165) is 25.2 Å². The molecule has 4 N–H and O–H groups in total. The van der Waals surface area contributed by atoms with Crippen molar-refractivity contribution in [3.8, 4) is 17.2 Å². The van der Waals surface area contributed by atoms with E-state index in [1.165, 1.54) is 0 Å². The third kappa shape index (κ3) is 3.20. The zero-order valence-corrected chi connectivity index (χ0v) is 14.8. The summed E-state index contributed by atoms with van der Waals surface area (Å²) in [6, 6.07) is 3.86. The van der Waals surface area contributed by atoms with Crippen LogP contribution in [-0.2, 0) is 0 Å². The number of hydrogen-bond acceptors (Lipinski definition) is 7. The third-order valence-electron chi connectivity index (χ3n) is 4.13. The lowest BCUT2D eigenvalue weighted by Crippen LogP contribution is -2.59. The van der Waals surface area contributed by atoms with Gasteiger partial charge in [0.05, 0.1) is 27.5 Å². The van der Waals surface area contributed by atoms with E-state index in [1.54, 1.807) is 21.3 Å². The number of methoxy groups -OCH3 is 3. The Hall–Kier alpha value is -1.81. The second-order valence-corrected chi connectivity index (χ2v) is 5.94. The average molecular weight is 353 g/mol. The number of piperazine rings is 1. The van der Waals surface area contributed by atoms with Gasteiger partial charge < -0.3 is 24.8 Å². The SMILES string of the molecule is COc1cc(C2NC(=S)NN2C2CNCCN2)cc(OC)c1OC. The van der Waals surface area contributed by atoms with Gasteiger partial charge in [0.15, 0.2) is 16.6 Å². The van der Waals surface area contributed by atoms with E-state index in [4.69, 9.17) is 26.4 Å². The van der Waals surface area contributed by atoms with Crippen LogP contribution < -0.4 is 35.6 Å². The smallest absolute Gasteiger partial charge is 0.203 e. The molecular weight excluding hydrogens is 330 g/mol. The Bertz CT molecular complexity index is 584. The molecule has 9 heteroatoms. The number of nitrogens with one attached hydrogen (secondary N) is 4. The largest absolute Gasteiger partial charge is 0.493 e. The van der Waals surface area contributed by atoms with Crippen LogP contribution in [0.15, 0.2) is 12.1 Å². The van der Waals surface area contributed by atoms with Crippen molar-refractivity contribution in [3.05, 3.63) is 17.7 Å². The van der Waals surface area contributed by atoms with Gasteiger partial charge in [-0.25, -0.2) is 0 Å². The molecule has 2 atom stereocenters. The van der Waals surface area contributed by atoms with Crippen molar-refractivity contribution in [1.82, 2.24) is 26.4 Å². The number of ether oxygens (including phenoxy) is 3. The molecule has 2 aliphatic rings. The first-order valence-corrected chi connectivity index (χ1v) is 8.18. The van der Waals surface area contributed by atoms with Crippen LogP contribution >= 0.6 is 12.2 Å².